The van der Waals surface area contributed by atoms with Gasteiger partial charge in [0.2, 0.25) is 0 Å². The summed E-state index contributed by atoms with van der Waals surface area (Å²) in [6, 6.07) is 0. The van der Waals surface area contributed by atoms with Crippen LogP contribution in [0, 0.1) is 0 Å². The van der Waals surface area contributed by atoms with Gasteiger partial charge < -0.3 is 10.9 Å². The van der Waals surface area contributed by atoms with Crippen LogP contribution in [0.4, 0.5) is 0 Å². The van der Waals surface area contributed by atoms with Gasteiger partial charge >= 0.3 is 5.97 Å². The van der Waals surface area contributed by atoms with Crippen molar-refractivity contribution >= 4 is 16.1 Å². The monoisotopic (exact) mass is 240 g/mol. The quantitative estimate of drug-likeness (QED) is 0.292. The summed E-state index contributed by atoms with van der Waals surface area (Å²) in [5.74, 6) is -1.41. The molecular formula is C7H16N2O5S. The third kappa shape index (κ3) is 8.06. The Morgan fingerprint density at radius 1 is 1.60 bits per heavy atom. The Labute approximate surface area is 89.0 Å². The largest absolute Gasteiger partial charge is 0.442 e. The van der Waals surface area contributed by atoms with Crippen LogP contribution in [-0.2, 0) is 19.6 Å². The fourth-order valence-corrected chi connectivity index (χ4v) is 1.38. The molecule has 0 aliphatic rings. The van der Waals surface area contributed by atoms with Gasteiger partial charge in [-0.05, 0) is 14.1 Å². The third-order valence-electron chi connectivity index (χ3n) is 1.35. The van der Waals surface area contributed by atoms with Gasteiger partial charge in [-0.15, -0.1) is 0 Å². The van der Waals surface area contributed by atoms with E-state index in [4.69, 9.17) is 4.55 Å². The molecule has 7 nitrogen and oxygen atoms in total. The molecule has 0 radical (unpaired) electrons. The highest BCUT2D eigenvalue weighted by molar-refractivity contribution is 7.85. The minimum Gasteiger partial charge on any atom is -0.442 e. The number of carbonyl (C=O) groups excluding carboxylic acids is 1. The molecule has 1 unspecified atom stereocenters. The lowest BCUT2D eigenvalue weighted by Crippen LogP contribution is -2.38. The first-order valence-electron chi connectivity index (χ1n) is 3.71. The van der Waals surface area contributed by atoms with Crippen molar-refractivity contribution < 1.29 is 22.5 Å². The molecule has 4 N–H and O–H groups in total. The molecule has 0 aliphatic heterocycles. The van der Waals surface area contributed by atoms with E-state index in [0.717, 1.165) is 6.08 Å². The molecular weight excluding hydrogens is 224 g/mol. The highest BCUT2D eigenvalue weighted by Crippen LogP contribution is 2.01. The molecule has 90 valence electrons. The highest BCUT2D eigenvalue weighted by atomic mass is 32.2. The molecule has 0 bridgehead atoms. The van der Waals surface area contributed by atoms with Crippen LogP contribution in [0.2, 0.25) is 0 Å². The van der Waals surface area contributed by atoms with Crippen LogP contribution in [0.3, 0.4) is 0 Å². The van der Waals surface area contributed by atoms with Crippen molar-refractivity contribution in [2.45, 2.75) is 6.23 Å². The fraction of sp³-hybridized carbons (Fsp3) is 0.571. The van der Waals surface area contributed by atoms with E-state index in [1.54, 1.807) is 0 Å². The predicted molar refractivity (Wildman–Crippen MR) is 55.2 cm³/mol. The number of carbonyl (C=O) groups is 1. The topological polar surface area (TPSA) is 119 Å². The van der Waals surface area contributed by atoms with E-state index in [0.29, 0.717) is 0 Å². The van der Waals surface area contributed by atoms with E-state index in [1.807, 2.05) is 0 Å². The van der Waals surface area contributed by atoms with Crippen LogP contribution in [0.5, 0.6) is 0 Å². The highest BCUT2D eigenvalue weighted by Gasteiger charge is 2.21. The van der Waals surface area contributed by atoms with Gasteiger partial charge in [0.15, 0.2) is 6.23 Å². The maximum Gasteiger partial charge on any atom is 0.331 e. The summed E-state index contributed by atoms with van der Waals surface area (Å²) in [4.78, 5) is 12.1. The van der Waals surface area contributed by atoms with E-state index in [9.17, 15) is 13.2 Å². The SMILES string of the molecule is C=CC(=O)OC(CS(=O)(=O)O)N(C)C.N. The van der Waals surface area contributed by atoms with Crippen molar-refractivity contribution in [3.63, 3.8) is 0 Å². The van der Waals surface area contributed by atoms with Gasteiger partial charge in [-0.25, -0.2) is 4.79 Å². The molecule has 0 heterocycles. The van der Waals surface area contributed by atoms with Gasteiger partial charge in [-0.2, -0.15) is 8.42 Å². The molecule has 0 saturated carbocycles. The summed E-state index contributed by atoms with van der Waals surface area (Å²) in [7, 11) is -1.14. The zero-order valence-electron chi connectivity index (χ0n) is 8.71. The first-order chi connectivity index (χ1) is 6.26. The Balaban J connectivity index is 0. The molecule has 1 atom stereocenters. The summed E-state index contributed by atoms with van der Waals surface area (Å²) < 4.78 is 34.3. The molecule has 8 heteroatoms. The van der Waals surface area contributed by atoms with Crippen molar-refractivity contribution in [2.24, 2.45) is 0 Å². The van der Waals surface area contributed by atoms with E-state index in [1.165, 1.54) is 19.0 Å². The number of rotatable bonds is 5. The lowest BCUT2D eigenvalue weighted by molar-refractivity contribution is -0.148. The van der Waals surface area contributed by atoms with Crippen molar-refractivity contribution in [3.8, 4) is 0 Å². The zero-order chi connectivity index (χ0) is 11.4. The first kappa shape index (κ1) is 16.5. The van der Waals surface area contributed by atoms with E-state index in [-0.39, 0.29) is 6.15 Å². The van der Waals surface area contributed by atoms with E-state index < -0.39 is 28.1 Å². The average Bonchev–Trinajstić information content (AvgIpc) is 2.00. The van der Waals surface area contributed by atoms with Crippen LogP contribution >= 0.6 is 0 Å². The molecule has 0 aromatic carbocycles. The van der Waals surface area contributed by atoms with Gasteiger partial charge in [-0.1, -0.05) is 6.58 Å². The van der Waals surface area contributed by atoms with Crippen molar-refractivity contribution in [3.05, 3.63) is 12.7 Å². The van der Waals surface area contributed by atoms with Gasteiger partial charge in [0.1, 0.15) is 5.75 Å². The molecule has 0 amide bonds. The Hall–Kier alpha value is -0.960. The van der Waals surface area contributed by atoms with Crippen LogP contribution in [0.1, 0.15) is 0 Å². The smallest absolute Gasteiger partial charge is 0.331 e. The summed E-state index contributed by atoms with van der Waals surface area (Å²) in [6.45, 7) is 3.16. The van der Waals surface area contributed by atoms with Gasteiger partial charge in [0.25, 0.3) is 10.1 Å². The lowest BCUT2D eigenvalue weighted by Gasteiger charge is -2.22. The molecule has 0 spiro atoms. The zero-order valence-corrected chi connectivity index (χ0v) is 9.53. The molecule has 0 saturated heterocycles. The number of hydrogen-bond acceptors (Lipinski definition) is 6. The summed E-state index contributed by atoms with van der Waals surface area (Å²) in [5.41, 5.74) is 0. The number of ether oxygens (including phenoxy) is 1. The normalized spacial score (nSPS) is 12.8. The summed E-state index contributed by atoms with van der Waals surface area (Å²) >= 11 is 0. The van der Waals surface area contributed by atoms with Crippen LogP contribution < -0.4 is 6.15 Å². The second-order valence-corrected chi connectivity index (χ2v) is 4.31. The van der Waals surface area contributed by atoms with Gasteiger partial charge in [0.05, 0.1) is 0 Å². The van der Waals surface area contributed by atoms with E-state index in [2.05, 4.69) is 11.3 Å². The van der Waals surface area contributed by atoms with Crippen molar-refractivity contribution in [2.75, 3.05) is 19.8 Å². The molecule has 0 aliphatic carbocycles. The number of esters is 1. The van der Waals surface area contributed by atoms with Crippen LogP contribution in [0.25, 0.3) is 0 Å². The van der Waals surface area contributed by atoms with Gasteiger partial charge in [-0.3, -0.25) is 9.45 Å². The minimum atomic E-state index is -4.18. The Morgan fingerprint density at radius 2 is 2.07 bits per heavy atom. The van der Waals surface area contributed by atoms with Crippen molar-refractivity contribution in [1.82, 2.24) is 11.1 Å². The Morgan fingerprint density at radius 3 is 2.33 bits per heavy atom. The maximum absolute atomic E-state index is 10.8. The van der Waals surface area contributed by atoms with Crippen LogP contribution in [-0.4, -0.2) is 49.9 Å². The Kier molecular flexibility index (Phi) is 7.15. The van der Waals surface area contributed by atoms with E-state index >= 15 is 0 Å². The van der Waals surface area contributed by atoms with Crippen LogP contribution in [0.15, 0.2) is 12.7 Å². The molecule has 15 heavy (non-hydrogen) atoms. The van der Waals surface area contributed by atoms with Gasteiger partial charge in [0, 0.05) is 6.08 Å². The maximum atomic E-state index is 10.8. The molecule has 0 aromatic heterocycles. The third-order valence-corrected chi connectivity index (χ3v) is 2.05. The number of nitrogens with zero attached hydrogens (tertiary/aromatic N) is 1. The first-order valence-corrected chi connectivity index (χ1v) is 5.32. The second kappa shape index (κ2) is 6.51. The lowest BCUT2D eigenvalue weighted by atomic mass is 10.5. The predicted octanol–water partition coefficient (Wildman–Crippen LogP) is -0.347. The summed E-state index contributed by atoms with van der Waals surface area (Å²) in [6.07, 6.45) is -0.101. The number of hydrogen-bond donors (Lipinski definition) is 2. The summed E-state index contributed by atoms with van der Waals surface area (Å²) in [5, 5.41) is 0. The Bertz CT molecular complexity index is 311. The van der Waals surface area contributed by atoms with Crippen molar-refractivity contribution in [1.29, 1.82) is 0 Å². The fourth-order valence-electron chi connectivity index (χ4n) is 0.651. The molecule has 0 aromatic rings. The average molecular weight is 240 g/mol. The minimum absolute atomic E-state index is 0. The standard InChI is InChI=1S/C7H13NO5S.H3N/c1-4-7(9)13-6(8(2)3)5-14(10,11)12;/h4,6H,1,5H2,2-3H3,(H,10,11,12);1H3. The molecule has 0 fully saturated rings. The molecule has 0 rings (SSSR count). The second-order valence-electron chi connectivity index (χ2n) is 2.81.